The fourth-order valence-electron chi connectivity index (χ4n) is 3.71. The van der Waals surface area contributed by atoms with Gasteiger partial charge in [-0.3, -0.25) is 4.90 Å². The highest BCUT2D eigenvalue weighted by molar-refractivity contribution is 7.89. The zero-order valence-electron chi connectivity index (χ0n) is 16.7. The Labute approximate surface area is 174 Å². The topological polar surface area (TPSA) is 49.4 Å². The molecule has 0 unspecified atom stereocenters. The largest absolute Gasteiger partial charge is 0.299 e. The highest BCUT2D eigenvalue weighted by Gasteiger charge is 2.18. The first-order valence-electron chi connectivity index (χ1n) is 9.92. The minimum atomic E-state index is -3.49. The molecule has 28 heavy (non-hydrogen) atoms. The van der Waals surface area contributed by atoms with Crippen LogP contribution in [0.5, 0.6) is 0 Å². The lowest BCUT2D eigenvalue weighted by atomic mass is 10.00. The van der Waals surface area contributed by atoms with Crippen molar-refractivity contribution in [2.75, 3.05) is 19.6 Å². The summed E-state index contributed by atoms with van der Waals surface area (Å²) < 4.78 is 27.8. The fourth-order valence-corrected chi connectivity index (χ4v) is 5.31. The molecule has 0 saturated carbocycles. The van der Waals surface area contributed by atoms with E-state index in [4.69, 9.17) is 11.6 Å². The number of nitrogens with zero attached hydrogens (tertiary/aromatic N) is 1. The van der Waals surface area contributed by atoms with Gasteiger partial charge < -0.3 is 0 Å². The molecule has 0 amide bonds. The number of rotatable bonds is 8. The maximum atomic E-state index is 12.6. The summed E-state index contributed by atoms with van der Waals surface area (Å²) in [6.07, 6.45) is 4.06. The molecule has 1 N–H and O–H groups in total. The molecule has 0 spiro atoms. The monoisotopic (exact) mass is 420 g/mol. The zero-order valence-corrected chi connectivity index (χ0v) is 18.2. The molecule has 2 aromatic rings. The van der Waals surface area contributed by atoms with Gasteiger partial charge in [-0.15, -0.1) is 0 Å². The van der Waals surface area contributed by atoms with E-state index in [1.54, 1.807) is 19.1 Å². The molecule has 3 rings (SSSR count). The van der Waals surface area contributed by atoms with Crippen molar-refractivity contribution in [3.05, 3.63) is 63.7 Å². The Morgan fingerprint density at radius 2 is 1.79 bits per heavy atom. The molecule has 6 heteroatoms. The number of hydrogen-bond donors (Lipinski definition) is 1. The molecule has 0 bridgehead atoms. The molecule has 152 valence electrons. The standard InChI is InChI=1S/C22H29ClN2O2S/c1-17-15-22(18(2)14-21(17)23)28(26,27)24-11-6-3-7-12-25-13-10-19-8-4-5-9-20(19)16-25/h4-5,8-9,14-15,24H,3,6-7,10-13,16H2,1-2H3. The lowest BCUT2D eigenvalue weighted by Gasteiger charge is -2.28. The summed E-state index contributed by atoms with van der Waals surface area (Å²) in [5.41, 5.74) is 4.36. The summed E-state index contributed by atoms with van der Waals surface area (Å²) in [5, 5.41) is 0.594. The van der Waals surface area contributed by atoms with E-state index in [0.29, 0.717) is 22.0 Å². The third-order valence-corrected chi connectivity index (χ3v) is 7.41. The highest BCUT2D eigenvalue weighted by atomic mass is 35.5. The summed E-state index contributed by atoms with van der Waals surface area (Å²) in [7, 11) is -3.49. The van der Waals surface area contributed by atoms with Crippen molar-refractivity contribution in [3.8, 4) is 0 Å². The predicted molar refractivity (Wildman–Crippen MR) is 115 cm³/mol. The molecule has 4 nitrogen and oxygen atoms in total. The van der Waals surface area contributed by atoms with Gasteiger partial charge in [-0.05, 0) is 74.0 Å². The quantitative estimate of drug-likeness (QED) is 0.641. The van der Waals surface area contributed by atoms with Crippen LogP contribution in [0.2, 0.25) is 5.02 Å². The summed E-state index contributed by atoms with van der Waals surface area (Å²) in [5.74, 6) is 0. The summed E-state index contributed by atoms with van der Waals surface area (Å²) in [6, 6.07) is 12.0. The van der Waals surface area contributed by atoms with Crippen LogP contribution in [-0.2, 0) is 23.0 Å². The van der Waals surface area contributed by atoms with Crippen LogP contribution in [0.1, 0.15) is 41.5 Å². The van der Waals surface area contributed by atoms with Crippen molar-refractivity contribution in [1.29, 1.82) is 0 Å². The van der Waals surface area contributed by atoms with E-state index in [-0.39, 0.29) is 0 Å². The first-order valence-corrected chi connectivity index (χ1v) is 11.8. The Hall–Kier alpha value is -1.40. The average Bonchev–Trinajstić information content (AvgIpc) is 2.67. The van der Waals surface area contributed by atoms with Gasteiger partial charge in [0.15, 0.2) is 0 Å². The predicted octanol–water partition coefficient (Wildman–Crippen LogP) is 4.46. The molecule has 0 saturated heterocycles. The van der Waals surface area contributed by atoms with Crippen LogP contribution >= 0.6 is 11.6 Å². The van der Waals surface area contributed by atoms with Gasteiger partial charge in [0, 0.05) is 24.7 Å². The number of aryl methyl sites for hydroxylation is 2. The first-order chi connectivity index (χ1) is 13.4. The van der Waals surface area contributed by atoms with Gasteiger partial charge in [0.1, 0.15) is 0 Å². The molecule has 2 aromatic carbocycles. The van der Waals surface area contributed by atoms with Crippen LogP contribution in [0.4, 0.5) is 0 Å². The SMILES string of the molecule is Cc1cc(S(=O)(=O)NCCCCCN2CCc3ccccc3C2)c(C)cc1Cl. The van der Waals surface area contributed by atoms with E-state index in [0.717, 1.165) is 50.9 Å². The van der Waals surface area contributed by atoms with Crippen LogP contribution in [0.25, 0.3) is 0 Å². The molecule has 0 aliphatic carbocycles. The van der Waals surface area contributed by atoms with E-state index in [2.05, 4.69) is 33.9 Å². The molecular formula is C22H29ClN2O2S. The third-order valence-electron chi connectivity index (χ3n) is 5.40. The molecule has 0 fully saturated rings. The molecule has 0 atom stereocenters. The number of halogens is 1. The highest BCUT2D eigenvalue weighted by Crippen LogP contribution is 2.24. The number of unbranched alkanes of at least 4 members (excludes halogenated alkanes) is 2. The average molecular weight is 421 g/mol. The van der Waals surface area contributed by atoms with Gasteiger partial charge in [-0.1, -0.05) is 42.3 Å². The molecule has 0 aromatic heterocycles. The Balaban J connectivity index is 1.40. The molecular weight excluding hydrogens is 392 g/mol. The van der Waals surface area contributed by atoms with E-state index >= 15 is 0 Å². The van der Waals surface area contributed by atoms with E-state index < -0.39 is 10.0 Å². The van der Waals surface area contributed by atoms with Crippen LogP contribution in [0.3, 0.4) is 0 Å². The fraction of sp³-hybridized carbons (Fsp3) is 0.455. The molecule has 1 heterocycles. The first kappa shape index (κ1) is 21.3. The summed E-state index contributed by atoms with van der Waals surface area (Å²) >= 11 is 6.07. The van der Waals surface area contributed by atoms with Crippen LogP contribution < -0.4 is 4.72 Å². The number of hydrogen-bond acceptors (Lipinski definition) is 3. The second kappa shape index (κ2) is 9.40. The van der Waals surface area contributed by atoms with Gasteiger partial charge in [0.2, 0.25) is 10.0 Å². The summed E-state index contributed by atoms with van der Waals surface area (Å²) in [6.45, 7) is 7.26. The Kier molecular flexibility index (Phi) is 7.15. The minimum Gasteiger partial charge on any atom is -0.299 e. The van der Waals surface area contributed by atoms with Gasteiger partial charge in [0.25, 0.3) is 0 Å². The van der Waals surface area contributed by atoms with Gasteiger partial charge in [0.05, 0.1) is 4.90 Å². The van der Waals surface area contributed by atoms with Gasteiger partial charge in [-0.2, -0.15) is 0 Å². The van der Waals surface area contributed by atoms with Crippen LogP contribution in [0.15, 0.2) is 41.3 Å². The van der Waals surface area contributed by atoms with Crippen molar-refractivity contribution in [1.82, 2.24) is 9.62 Å². The van der Waals surface area contributed by atoms with Crippen molar-refractivity contribution >= 4 is 21.6 Å². The number of sulfonamides is 1. The van der Waals surface area contributed by atoms with Crippen molar-refractivity contribution in [2.45, 2.75) is 51.0 Å². The molecule has 1 aliphatic rings. The third kappa shape index (κ3) is 5.35. The maximum absolute atomic E-state index is 12.6. The maximum Gasteiger partial charge on any atom is 0.240 e. The van der Waals surface area contributed by atoms with Crippen molar-refractivity contribution in [3.63, 3.8) is 0 Å². The van der Waals surface area contributed by atoms with Gasteiger partial charge >= 0.3 is 0 Å². The number of fused-ring (bicyclic) bond motifs is 1. The normalized spacial score (nSPS) is 14.8. The second-order valence-corrected chi connectivity index (χ2v) is 9.76. The summed E-state index contributed by atoms with van der Waals surface area (Å²) in [4.78, 5) is 2.81. The van der Waals surface area contributed by atoms with E-state index in [9.17, 15) is 8.42 Å². The Morgan fingerprint density at radius 3 is 2.57 bits per heavy atom. The Bertz CT molecular complexity index is 928. The molecule has 0 radical (unpaired) electrons. The van der Waals surface area contributed by atoms with Crippen molar-refractivity contribution < 1.29 is 8.42 Å². The lowest BCUT2D eigenvalue weighted by molar-refractivity contribution is 0.248. The van der Waals surface area contributed by atoms with Crippen LogP contribution in [0, 0.1) is 13.8 Å². The lowest BCUT2D eigenvalue weighted by Crippen LogP contribution is -2.31. The number of benzene rings is 2. The van der Waals surface area contributed by atoms with Crippen molar-refractivity contribution in [2.24, 2.45) is 0 Å². The van der Waals surface area contributed by atoms with E-state index in [1.165, 1.54) is 11.1 Å². The zero-order chi connectivity index (χ0) is 20.1. The van der Waals surface area contributed by atoms with Gasteiger partial charge in [-0.25, -0.2) is 13.1 Å². The Morgan fingerprint density at radius 1 is 1.04 bits per heavy atom. The minimum absolute atomic E-state index is 0.321. The second-order valence-electron chi connectivity index (χ2n) is 7.62. The van der Waals surface area contributed by atoms with Crippen LogP contribution in [-0.4, -0.2) is 33.0 Å². The number of nitrogens with one attached hydrogen (secondary N) is 1. The van der Waals surface area contributed by atoms with E-state index in [1.807, 2.05) is 6.92 Å². The molecule has 1 aliphatic heterocycles. The smallest absolute Gasteiger partial charge is 0.240 e.